The first-order valence-corrected chi connectivity index (χ1v) is 9.26. The van der Waals surface area contributed by atoms with Gasteiger partial charge >= 0.3 is 0 Å². The molecule has 1 aliphatic rings. The highest BCUT2D eigenvalue weighted by Crippen LogP contribution is 2.32. The van der Waals surface area contributed by atoms with Gasteiger partial charge in [-0.3, -0.25) is 14.5 Å². The summed E-state index contributed by atoms with van der Waals surface area (Å²) in [6, 6.07) is 9.39. The third kappa shape index (κ3) is 4.16. The molecule has 0 N–H and O–H groups in total. The molecule has 0 spiro atoms. The third-order valence-corrected chi connectivity index (χ3v) is 4.99. The number of benzene rings is 1. The second-order valence-corrected chi connectivity index (χ2v) is 7.37. The molecule has 0 atom stereocenters. The zero-order chi connectivity index (χ0) is 18.0. The Morgan fingerprint density at radius 3 is 2.76 bits per heavy atom. The molecule has 3 rings (SSSR count). The molecule has 0 aliphatic carbocycles. The highest BCUT2D eigenvalue weighted by Gasteiger charge is 2.35. The van der Waals surface area contributed by atoms with E-state index in [9.17, 15) is 9.59 Å². The molecular weight excluding hydrogens is 406 g/mol. The first kappa shape index (κ1) is 17.8. The monoisotopic (exact) mass is 421 g/mol. The maximum Gasteiger partial charge on any atom is 0.293 e. The lowest BCUT2D eigenvalue weighted by Gasteiger charge is -2.14. The lowest BCUT2D eigenvalue weighted by molar-refractivity contribution is -0.123. The van der Waals surface area contributed by atoms with E-state index in [4.69, 9.17) is 9.15 Å². The molecule has 5 nitrogen and oxygen atoms in total. The smallest absolute Gasteiger partial charge is 0.293 e. The minimum atomic E-state index is -0.327. The standard InChI is InChI=1S/C18H16BrNO4S/c1-11-3-4-12(2)14(9-11)23-8-7-20-17(21)15(25-18(20)22)10-13-5-6-16(19)24-13/h3-6,9-10H,7-8H2,1-2H3/b15-10-. The highest BCUT2D eigenvalue weighted by molar-refractivity contribution is 9.10. The average molecular weight is 422 g/mol. The van der Waals surface area contributed by atoms with Crippen molar-refractivity contribution in [3.8, 4) is 5.75 Å². The van der Waals surface area contributed by atoms with Crippen LogP contribution in [0.4, 0.5) is 4.79 Å². The van der Waals surface area contributed by atoms with E-state index < -0.39 is 0 Å². The van der Waals surface area contributed by atoms with Gasteiger partial charge in [-0.25, -0.2) is 0 Å². The number of thioether (sulfide) groups is 1. The lowest BCUT2D eigenvalue weighted by atomic mass is 10.1. The fourth-order valence-electron chi connectivity index (χ4n) is 2.34. The van der Waals surface area contributed by atoms with Gasteiger partial charge in [0.05, 0.1) is 11.4 Å². The van der Waals surface area contributed by atoms with E-state index in [1.807, 2.05) is 32.0 Å². The van der Waals surface area contributed by atoms with Crippen molar-refractivity contribution < 1.29 is 18.7 Å². The minimum Gasteiger partial charge on any atom is -0.491 e. The summed E-state index contributed by atoms with van der Waals surface area (Å²) in [6.45, 7) is 4.40. The van der Waals surface area contributed by atoms with Gasteiger partial charge in [0.1, 0.15) is 18.1 Å². The van der Waals surface area contributed by atoms with Gasteiger partial charge in [0.15, 0.2) is 4.67 Å². The summed E-state index contributed by atoms with van der Waals surface area (Å²) in [5, 5.41) is -0.300. The van der Waals surface area contributed by atoms with Gasteiger partial charge < -0.3 is 9.15 Å². The molecule has 0 unspecified atom stereocenters. The lowest BCUT2D eigenvalue weighted by Crippen LogP contribution is -2.32. The summed E-state index contributed by atoms with van der Waals surface area (Å²) in [5.74, 6) is 0.957. The number of carbonyl (C=O) groups is 2. The Labute approximate surface area is 158 Å². The number of carbonyl (C=O) groups excluding carboxylic acids is 2. The van der Waals surface area contributed by atoms with Crippen molar-refractivity contribution >= 4 is 44.9 Å². The zero-order valence-electron chi connectivity index (χ0n) is 13.7. The summed E-state index contributed by atoms with van der Waals surface area (Å²) in [4.78, 5) is 26.0. The van der Waals surface area contributed by atoms with Crippen molar-refractivity contribution in [3.05, 3.63) is 56.8 Å². The number of amides is 2. The average Bonchev–Trinajstić information content (AvgIpc) is 3.08. The number of nitrogens with zero attached hydrogens (tertiary/aromatic N) is 1. The van der Waals surface area contributed by atoms with E-state index in [1.165, 1.54) is 4.90 Å². The molecule has 1 aromatic carbocycles. The van der Waals surface area contributed by atoms with Crippen LogP contribution >= 0.6 is 27.7 Å². The fourth-order valence-corrected chi connectivity index (χ4v) is 3.50. The van der Waals surface area contributed by atoms with Crippen LogP contribution in [0.1, 0.15) is 16.9 Å². The summed E-state index contributed by atoms with van der Waals surface area (Å²) in [5.41, 5.74) is 2.11. The van der Waals surface area contributed by atoms with Crippen molar-refractivity contribution in [1.29, 1.82) is 0 Å². The van der Waals surface area contributed by atoms with Crippen molar-refractivity contribution in [3.63, 3.8) is 0 Å². The molecule has 130 valence electrons. The molecule has 1 fully saturated rings. The van der Waals surface area contributed by atoms with Crippen LogP contribution in [0.2, 0.25) is 0 Å². The van der Waals surface area contributed by atoms with Gasteiger partial charge in [0.2, 0.25) is 0 Å². The first-order chi connectivity index (χ1) is 11.9. The SMILES string of the molecule is Cc1ccc(C)c(OCCN2C(=O)S/C(=C\c3ccc(Br)o3)C2=O)c1. The molecule has 25 heavy (non-hydrogen) atoms. The number of rotatable bonds is 5. The van der Waals surface area contributed by atoms with Crippen LogP contribution in [0, 0.1) is 13.8 Å². The van der Waals surface area contributed by atoms with Crippen LogP contribution in [-0.4, -0.2) is 29.2 Å². The highest BCUT2D eigenvalue weighted by atomic mass is 79.9. The number of aryl methyl sites for hydroxylation is 2. The van der Waals surface area contributed by atoms with Crippen LogP contribution in [0.3, 0.4) is 0 Å². The van der Waals surface area contributed by atoms with Crippen LogP contribution in [-0.2, 0) is 4.79 Å². The Morgan fingerprint density at radius 1 is 1.24 bits per heavy atom. The zero-order valence-corrected chi connectivity index (χ0v) is 16.1. The van der Waals surface area contributed by atoms with E-state index in [-0.39, 0.29) is 24.3 Å². The van der Waals surface area contributed by atoms with Gasteiger partial charge in [-0.15, -0.1) is 0 Å². The minimum absolute atomic E-state index is 0.206. The van der Waals surface area contributed by atoms with Gasteiger partial charge in [-0.2, -0.15) is 0 Å². The van der Waals surface area contributed by atoms with Crippen LogP contribution in [0.25, 0.3) is 6.08 Å². The largest absolute Gasteiger partial charge is 0.491 e. The predicted molar refractivity (Wildman–Crippen MR) is 100 cm³/mol. The molecule has 2 aromatic rings. The molecule has 1 saturated heterocycles. The molecule has 7 heteroatoms. The van der Waals surface area contributed by atoms with E-state index in [0.717, 1.165) is 28.6 Å². The quantitative estimate of drug-likeness (QED) is 0.650. The Morgan fingerprint density at radius 2 is 2.04 bits per heavy atom. The van der Waals surface area contributed by atoms with Crippen molar-refractivity contribution in [2.45, 2.75) is 13.8 Å². The van der Waals surface area contributed by atoms with E-state index in [0.29, 0.717) is 15.3 Å². The predicted octanol–water partition coefficient (Wildman–Crippen LogP) is 4.77. The van der Waals surface area contributed by atoms with Crippen molar-refractivity contribution in [2.75, 3.05) is 13.2 Å². The first-order valence-electron chi connectivity index (χ1n) is 7.65. The number of hydrogen-bond acceptors (Lipinski definition) is 5. The molecule has 0 bridgehead atoms. The van der Waals surface area contributed by atoms with Gasteiger partial charge in [0.25, 0.3) is 11.1 Å². The fraction of sp³-hybridized carbons (Fsp3) is 0.222. The Hall–Kier alpha value is -1.99. The number of imide groups is 1. The molecule has 0 saturated carbocycles. The van der Waals surface area contributed by atoms with Crippen molar-refractivity contribution in [1.82, 2.24) is 4.90 Å². The molecule has 2 amide bonds. The Balaban J connectivity index is 1.63. The van der Waals surface area contributed by atoms with Gasteiger partial charge in [-0.1, -0.05) is 12.1 Å². The molecule has 0 radical (unpaired) electrons. The number of ether oxygens (including phenoxy) is 1. The number of hydrogen-bond donors (Lipinski definition) is 0. The molecular formula is C18H16BrNO4S. The normalized spacial score (nSPS) is 16.1. The summed E-state index contributed by atoms with van der Waals surface area (Å²) >= 11 is 4.11. The molecule has 2 heterocycles. The summed E-state index contributed by atoms with van der Waals surface area (Å²) in [7, 11) is 0. The maximum absolute atomic E-state index is 12.4. The second kappa shape index (κ2) is 7.49. The topological polar surface area (TPSA) is 59.8 Å². The summed E-state index contributed by atoms with van der Waals surface area (Å²) in [6.07, 6.45) is 1.57. The maximum atomic E-state index is 12.4. The van der Waals surface area contributed by atoms with E-state index in [2.05, 4.69) is 15.9 Å². The number of halogens is 1. The molecule has 1 aromatic heterocycles. The van der Waals surface area contributed by atoms with Crippen LogP contribution < -0.4 is 4.74 Å². The summed E-state index contributed by atoms with van der Waals surface area (Å²) < 4.78 is 11.7. The molecule has 1 aliphatic heterocycles. The van der Waals surface area contributed by atoms with E-state index in [1.54, 1.807) is 18.2 Å². The number of furan rings is 1. The second-order valence-electron chi connectivity index (χ2n) is 5.59. The van der Waals surface area contributed by atoms with Crippen LogP contribution in [0.5, 0.6) is 5.75 Å². The van der Waals surface area contributed by atoms with Crippen LogP contribution in [0.15, 0.2) is 44.3 Å². The Kier molecular flexibility index (Phi) is 5.34. The third-order valence-electron chi connectivity index (χ3n) is 3.66. The van der Waals surface area contributed by atoms with Gasteiger partial charge in [0, 0.05) is 6.08 Å². The van der Waals surface area contributed by atoms with E-state index >= 15 is 0 Å². The van der Waals surface area contributed by atoms with Crippen molar-refractivity contribution in [2.24, 2.45) is 0 Å². The van der Waals surface area contributed by atoms with Gasteiger partial charge in [-0.05, 0) is 70.9 Å². The Bertz CT molecular complexity index is 859.